The molecule has 94 valence electrons. The number of carbonyl (C=O) groups excluding carboxylic acids is 1. The first-order chi connectivity index (χ1) is 7.77. The Labute approximate surface area is 98.5 Å². The lowest BCUT2D eigenvalue weighted by Crippen LogP contribution is -2.26. The fraction of sp³-hybridized carbons (Fsp3) is 0.923. The summed E-state index contributed by atoms with van der Waals surface area (Å²) in [5, 5.41) is 0. The Morgan fingerprint density at radius 1 is 1.31 bits per heavy atom. The fourth-order valence-corrected chi connectivity index (χ4v) is 2.22. The maximum Gasteiger partial charge on any atom is 0.309 e. The van der Waals surface area contributed by atoms with Crippen LogP contribution in [0.1, 0.15) is 51.9 Å². The smallest absolute Gasteiger partial charge is 0.309 e. The SMILES string of the molecule is CCCC(COC(=O)C1CCCCC1)OC. The summed E-state index contributed by atoms with van der Waals surface area (Å²) in [5.74, 6) is 0.130. The number of methoxy groups -OCH3 is 1. The average Bonchev–Trinajstić information content (AvgIpc) is 2.35. The van der Waals surface area contributed by atoms with E-state index in [4.69, 9.17) is 9.47 Å². The highest BCUT2D eigenvalue weighted by molar-refractivity contribution is 5.72. The van der Waals surface area contributed by atoms with Crippen molar-refractivity contribution in [1.82, 2.24) is 0 Å². The van der Waals surface area contributed by atoms with Gasteiger partial charge < -0.3 is 9.47 Å². The molecule has 0 heterocycles. The molecule has 1 saturated carbocycles. The van der Waals surface area contributed by atoms with Crippen LogP contribution < -0.4 is 0 Å². The predicted molar refractivity (Wildman–Crippen MR) is 63.2 cm³/mol. The van der Waals surface area contributed by atoms with Crippen molar-refractivity contribution in [3.05, 3.63) is 0 Å². The van der Waals surface area contributed by atoms with Gasteiger partial charge in [-0.25, -0.2) is 0 Å². The van der Waals surface area contributed by atoms with E-state index in [0.717, 1.165) is 25.7 Å². The van der Waals surface area contributed by atoms with Crippen LogP contribution in [0.5, 0.6) is 0 Å². The predicted octanol–water partition coefficient (Wildman–Crippen LogP) is 2.93. The molecule has 3 heteroatoms. The standard InChI is InChI=1S/C13H24O3/c1-3-7-12(15-2)10-16-13(14)11-8-5-4-6-9-11/h11-12H,3-10H2,1-2H3. The molecule has 0 aliphatic heterocycles. The van der Waals surface area contributed by atoms with Gasteiger partial charge in [0.25, 0.3) is 0 Å². The zero-order chi connectivity index (χ0) is 11.8. The van der Waals surface area contributed by atoms with Gasteiger partial charge in [0, 0.05) is 7.11 Å². The van der Waals surface area contributed by atoms with Crippen molar-refractivity contribution in [2.45, 2.75) is 58.0 Å². The molecule has 0 aromatic heterocycles. The number of hydrogen-bond acceptors (Lipinski definition) is 3. The van der Waals surface area contributed by atoms with Gasteiger partial charge in [-0.1, -0.05) is 32.6 Å². The van der Waals surface area contributed by atoms with Crippen molar-refractivity contribution in [2.24, 2.45) is 5.92 Å². The third-order valence-electron chi connectivity index (χ3n) is 3.29. The normalized spacial score (nSPS) is 19.4. The summed E-state index contributed by atoms with van der Waals surface area (Å²) in [7, 11) is 1.68. The van der Waals surface area contributed by atoms with E-state index in [1.165, 1.54) is 19.3 Å². The Morgan fingerprint density at radius 3 is 2.56 bits per heavy atom. The van der Waals surface area contributed by atoms with Gasteiger partial charge in [-0.2, -0.15) is 0 Å². The molecular formula is C13H24O3. The summed E-state index contributed by atoms with van der Waals surface area (Å²) in [6, 6.07) is 0. The van der Waals surface area contributed by atoms with Gasteiger partial charge in [-0.3, -0.25) is 4.79 Å². The second-order valence-electron chi connectivity index (χ2n) is 4.61. The van der Waals surface area contributed by atoms with Crippen LogP contribution >= 0.6 is 0 Å². The lowest BCUT2D eigenvalue weighted by Gasteiger charge is -2.21. The van der Waals surface area contributed by atoms with E-state index in [2.05, 4.69) is 6.92 Å². The molecular weight excluding hydrogens is 204 g/mol. The van der Waals surface area contributed by atoms with Crippen LogP contribution in [0.3, 0.4) is 0 Å². The maximum absolute atomic E-state index is 11.7. The van der Waals surface area contributed by atoms with Gasteiger partial charge in [-0.15, -0.1) is 0 Å². The van der Waals surface area contributed by atoms with Crippen LogP contribution in [0, 0.1) is 5.92 Å². The molecule has 0 N–H and O–H groups in total. The summed E-state index contributed by atoms with van der Waals surface area (Å²) in [6.45, 7) is 2.52. The molecule has 0 aromatic rings. The molecule has 1 fully saturated rings. The summed E-state index contributed by atoms with van der Waals surface area (Å²) in [4.78, 5) is 11.7. The van der Waals surface area contributed by atoms with Crippen LogP contribution in [-0.4, -0.2) is 25.8 Å². The van der Waals surface area contributed by atoms with Crippen LogP contribution in [0.25, 0.3) is 0 Å². The Bertz CT molecular complexity index is 197. The van der Waals surface area contributed by atoms with Crippen molar-refractivity contribution in [3.63, 3.8) is 0 Å². The highest BCUT2D eigenvalue weighted by atomic mass is 16.6. The Hall–Kier alpha value is -0.570. The monoisotopic (exact) mass is 228 g/mol. The van der Waals surface area contributed by atoms with Gasteiger partial charge in [0.2, 0.25) is 0 Å². The largest absolute Gasteiger partial charge is 0.463 e. The van der Waals surface area contributed by atoms with Crippen LogP contribution in [0.4, 0.5) is 0 Å². The van der Waals surface area contributed by atoms with Crippen molar-refractivity contribution >= 4 is 5.97 Å². The highest BCUT2D eigenvalue weighted by Gasteiger charge is 2.23. The zero-order valence-electron chi connectivity index (χ0n) is 10.5. The Balaban J connectivity index is 2.22. The number of rotatable bonds is 6. The second kappa shape index (κ2) is 7.66. The summed E-state index contributed by atoms with van der Waals surface area (Å²) in [6.07, 6.45) is 7.69. The van der Waals surface area contributed by atoms with E-state index in [1.54, 1.807) is 7.11 Å². The summed E-state index contributed by atoms with van der Waals surface area (Å²) in [5.41, 5.74) is 0. The topological polar surface area (TPSA) is 35.5 Å². The van der Waals surface area contributed by atoms with Crippen LogP contribution in [-0.2, 0) is 14.3 Å². The number of esters is 1. The molecule has 0 saturated heterocycles. The first-order valence-corrected chi connectivity index (χ1v) is 6.47. The van der Waals surface area contributed by atoms with Gasteiger partial charge in [-0.05, 0) is 19.3 Å². The van der Waals surface area contributed by atoms with E-state index < -0.39 is 0 Å². The van der Waals surface area contributed by atoms with Crippen molar-refractivity contribution in [1.29, 1.82) is 0 Å². The molecule has 0 amide bonds. The number of hydrogen-bond donors (Lipinski definition) is 0. The minimum atomic E-state index is -0.0159. The van der Waals surface area contributed by atoms with Crippen molar-refractivity contribution < 1.29 is 14.3 Å². The average molecular weight is 228 g/mol. The van der Waals surface area contributed by atoms with Crippen LogP contribution in [0.15, 0.2) is 0 Å². The zero-order valence-corrected chi connectivity index (χ0v) is 10.5. The van der Waals surface area contributed by atoms with Gasteiger partial charge in [0.05, 0.1) is 12.0 Å². The van der Waals surface area contributed by atoms with Gasteiger partial charge >= 0.3 is 5.97 Å². The molecule has 0 aromatic carbocycles. The first-order valence-electron chi connectivity index (χ1n) is 6.47. The molecule has 0 bridgehead atoms. The van der Waals surface area contributed by atoms with E-state index in [0.29, 0.717) is 6.61 Å². The maximum atomic E-state index is 11.7. The fourth-order valence-electron chi connectivity index (χ4n) is 2.22. The molecule has 1 aliphatic carbocycles. The Morgan fingerprint density at radius 2 is 2.00 bits per heavy atom. The molecule has 16 heavy (non-hydrogen) atoms. The van der Waals surface area contributed by atoms with E-state index >= 15 is 0 Å². The molecule has 1 atom stereocenters. The molecule has 1 aliphatic rings. The van der Waals surface area contributed by atoms with Gasteiger partial charge in [0.15, 0.2) is 0 Å². The summed E-state index contributed by atoms with van der Waals surface area (Å²) >= 11 is 0. The van der Waals surface area contributed by atoms with E-state index in [1.807, 2.05) is 0 Å². The van der Waals surface area contributed by atoms with Crippen molar-refractivity contribution in [2.75, 3.05) is 13.7 Å². The van der Waals surface area contributed by atoms with E-state index in [-0.39, 0.29) is 18.0 Å². The number of carbonyl (C=O) groups is 1. The lowest BCUT2D eigenvalue weighted by atomic mass is 9.89. The molecule has 3 nitrogen and oxygen atoms in total. The third-order valence-corrected chi connectivity index (χ3v) is 3.29. The molecule has 0 radical (unpaired) electrons. The number of ether oxygens (including phenoxy) is 2. The lowest BCUT2D eigenvalue weighted by molar-refractivity contribution is -0.153. The highest BCUT2D eigenvalue weighted by Crippen LogP contribution is 2.24. The Kier molecular flexibility index (Phi) is 6.46. The molecule has 1 unspecified atom stereocenters. The first kappa shape index (κ1) is 13.5. The van der Waals surface area contributed by atoms with E-state index in [9.17, 15) is 4.79 Å². The summed E-state index contributed by atoms with van der Waals surface area (Å²) < 4.78 is 10.6. The molecule has 1 rings (SSSR count). The van der Waals surface area contributed by atoms with Crippen molar-refractivity contribution in [3.8, 4) is 0 Å². The minimum Gasteiger partial charge on any atom is -0.463 e. The third kappa shape index (κ3) is 4.52. The minimum absolute atomic E-state index is 0.0159. The second-order valence-corrected chi connectivity index (χ2v) is 4.61. The molecule has 0 spiro atoms. The van der Waals surface area contributed by atoms with Gasteiger partial charge in [0.1, 0.15) is 6.61 Å². The quantitative estimate of drug-likeness (QED) is 0.656. The van der Waals surface area contributed by atoms with Crippen LogP contribution in [0.2, 0.25) is 0 Å².